The fourth-order valence-corrected chi connectivity index (χ4v) is 2.87. The Morgan fingerprint density at radius 2 is 1.70 bits per heavy atom. The molecule has 1 heterocycles. The fourth-order valence-electron chi connectivity index (χ4n) is 2.87. The van der Waals surface area contributed by atoms with Crippen molar-refractivity contribution in [1.82, 2.24) is 0 Å². The van der Waals surface area contributed by atoms with Crippen molar-refractivity contribution in [3.63, 3.8) is 0 Å². The average molecular weight is 314 g/mol. The smallest absolute Gasteiger partial charge is 0.147 e. The molecule has 0 spiro atoms. The first-order chi connectivity index (χ1) is 11.0. The normalized spacial score (nSPS) is 14.9. The van der Waals surface area contributed by atoms with E-state index < -0.39 is 0 Å². The molecule has 1 aliphatic heterocycles. The van der Waals surface area contributed by atoms with E-state index in [9.17, 15) is 8.78 Å². The molecular weight excluding hydrogens is 294 g/mol. The monoisotopic (exact) mass is 314 g/mol. The summed E-state index contributed by atoms with van der Waals surface area (Å²) in [4.78, 5) is 6.43. The predicted octanol–water partition coefficient (Wildman–Crippen LogP) is 4.93. The molecule has 1 fully saturated rings. The third-order valence-electron chi connectivity index (χ3n) is 4.28. The minimum atomic E-state index is -0.249. The van der Waals surface area contributed by atoms with Gasteiger partial charge in [0.05, 0.1) is 11.4 Å². The Balaban J connectivity index is 1.86. The molecule has 0 saturated carbocycles. The summed E-state index contributed by atoms with van der Waals surface area (Å²) in [7, 11) is 0. The van der Waals surface area contributed by atoms with Crippen molar-refractivity contribution in [1.29, 1.82) is 0 Å². The highest BCUT2D eigenvalue weighted by Gasteiger charge is 2.17. The molecule has 2 aromatic rings. The Bertz CT molecular complexity index is 747. The van der Waals surface area contributed by atoms with Gasteiger partial charge in [0.15, 0.2) is 0 Å². The van der Waals surface area contributed by atoms with Gasteiger partial charge in [0.25, 0.3) is 0 Å². The first-order valence-corrected chi connectivity index (χ1v) is 7.90. The maximum absolute atomic E-state index is 14.4. The summed E-state index contributed by atoms with van der Waals surface area (Å²) in [6, 6.07) is 8.10. The number of halogens is 2. The molecule has 2 nitrogen and oxygen atoms in total. The van der Waals surface area contributed by atoms with Crippen molar-refractivity contribution in [2.75, 3.05) is 18.0 Å². The highest BCUT2D eigenvalue weighted by Crippen LogP contribution is 2.26. The lowest BCUT2D eigenvalue weighted by molar-refractivity contribution is 0.618. The van der Waals surface area contributed by atoms with Crippen LogP contribution in [0.1, 0.15) is 29.5 Å². The van der Waals surface area contributed by atoms with Crippen molar-refractivity contribution in [3.05, 3.63) is 58.7 Å². The lowest BCUT2D eigenvalue weighted by Gasteiger charge is -2.19. The van der Waals surface area contributed by atoms with Gasteiger partial charge < -0.3 is 4.90 Å². The first-order valence-electron chi connectivity index (χ1n) is 7.90. The zero-order chi connectivity index (χ0) is 16.4. The third kappa shape index (κ3) is 3.41. The second-order valence-electron chi connectivity index (χ2n) is 6.05. The largest absolute Gasteiger partial charge is 0.369 e. The number of nitrogens with zero attached hydrogens (tertiary/aromatic N) is 2. The topological polar surface area (TPSA) is 15.6 Å². The van der Waals surface area contributed by atoms with Crippen LogP contribution in [-0.2, 0) is 0 Å². The fraction of sp³-hybridized carbons (Fsp3) is 0.316. The maximum Gasteiger partial charge on any atom is 0.147 e. The summed E-state index contributed by atoms with van der Waals surface area (Å²) in [5.74, 6) is -0.463. The van der Waals surface area contributed by atoms with Gasteiger partial charge in [0.1, 0.15) is 11.6 Å². The van der Waals surface area contributed by atoms with Crippen LogP contribution in [0.3, 0.4) is 0 Å². The summed E-state index contributed by atoms with van der Waals surface area (Å²) >= 11 is 0. The quantitative estimate of drug-likeness (QED) is 0.733. The van der Waals surface area contributed by atoms with Gasteiger partial charge in [-0.05, 0) is 73.7 Å². The number of hydrogen-bond donors (Lipinski definition) is 0. The van der Waals surface area contributed by atoms with E-state index in [1.165, 1.54) is 12.1 Å². The summed E-state index contributed by atoms with van der Waals surface area (Å²) in [5.41, 5.74) is 3.61. The van der Waals surface area contributed by atoms with E-state index in [1.54, 1.807) is 25.3 Å². The van der Waals surface area contributed by atoms with Crippen molar-refractivity contribution >= 4 is 17.6 Å². The van der Waals surface area contributed by atoms with E-state index >= 15 is 0 Å². The van der Waals surface area contributed by atoms with Crippen molar-refractivity contribution in [3.8, 4) is 0 Å². The second-order valence-corrected chi connectivity index (χ2v) is 6.05. The highest BCUT2D eigenvalue weighted by molar-refractivity contribution is 5.84. The highest BCUT2D eigenvalue weighted by atomic mass is 19.1. The molecule has 1 aliphatic rings. The molecule has 0 radical (unpaired) electrons. The van der Waals surface area contributed by atoms with E-state index in [1.807, 2.05) is 13.0 Å². The molecule has 2 aromatic carbocycles. The van der Waals surface area contributed by atoms with Gasteiger partial charge in [-0.1, -0.05) is 0 Å². The molecule has 0 atom stereocenters. The molecule has 4 heteroatoms. The van der Waals surface area contributed by atoms with Gasteiger partial charge in [-0.15, -0.1) is 0 Å². The molecule has 23 heavy (non-hydrogen) atoms. The average Bonchev–Trinajstić information content (AvgIpc) is 3.05. The molecule has 0 bridgehead atoms. The molecule has 0 aliphatic carbocycles. The number of hydrogen-bond acceptors (Lipinski definition) is 2. The molecule has 0 amide bonds. The molecule has 0 aromatic heterocycles. The Kier molecular flexibility index (Phi) is 4.42. The summed E-state index contributed by atoms with van der Waals surface area (Å²) in [6.07, 6.45) is 3.87. The molecule has 3 rings (SSSR count). The van der Waals surface area contributed by atoms with Crippen LogP contribution in [0, 0.1) is 25.5 Å². The van der Waals surface area contributed by atoms with Crippen LogP contribution < -0.4 is 4.90 Å². The molecule has 0 N–H and O–H groups in total. The Hall–Kier alpha value is -2.23. The minimum absolute atomic E-state index is 0.214. The summed E-state index contributed by atoms with van der Waals surface area (Å²) in [5, 5.41) is 0. The number of anilines is 1. The van der Waals surface area contributed by atoms with Gasteiger partial charge in [-0.3, -0.25) is 4.99 Å². The van der Waals surface area contributed by atoms with E-state index in [0.717, 1.165) is 37.1 Å². The first kappa shape index (κ1) is 15.7. The second kappa shape index (κ2) is 6.49. The predicted molar refractivity (Wildman–Crippen MR) is 91.0 cm³/mol. The zero-order valence-corrected chi connectivity index (χ0v) is 13.4. The van der Waals surface area contributed by atoms with Crippen LogP contribution in [0.4, 0.5) is 20.2 Å². The van der Waals surface area contributed by atoms with E-state index in [4.69, 9.17) is 0 Å². The van der Waals surface area contributed by atoms with Crippen LogP contribution in [0.25, 0.3) is 0 Å². The minimum Gasteiger partial charge on any atom is -0.369 e. The number of aryl methyl sites for hydroxylation is 2. The number of benzene rings is 2. The van der Waals surface area contributed by atoms with Gasteiger partial charge in [-0.25, -0.2) is 8.78 Å². The summed E-state index contributed by atoms with van der Waals surface area (Å²) < 4.78 is 27.6. The molecule has 120 valence electrons. The third-order valence-corrected chi connectivity index (χ3v) is 4.28. The van der Waals surface area contributed by atoms with E-state index in [-0.39, 0.29) is 11.6 Å². The van der Waals surface area contributed by atoms with Crippen molar-refractivity contribution in [2.24, 2.45) is 4.99 Å². The zero-order valence-electron chi connectivity index (χ0n) is 13.4. The summed E-state index contributed by atoms with van der Waals surface area (Å²) in [6.45, 7) is 5.48. The van der Waals surface area contributed by atoms with Crippen molar-refractivity contribution in [2.45, 2.75) is 26.7 Å². The number of rotatable bonds is 3. The Morgan fingerprint density at radius 3 is 2.39 bits per heavy atom. The Morgan fingerprint density at radius 1 is 0.957 bits per heavy atom. The van der Waals surface area contributed by atoms with Crippen LogP contribution >= 0.6 is 0 Å². The van der Waals surface area contributed by atoms with E-state index in [0.29, 0.717) is 16.9 Å². The van der Waals surface area contributed by atoms with Crippen LogP contribution in [-0.4, -0.2) is 19.3 Å². The molecule has 1 saturated heterocycles. The van der Waals surface area contributed by atoms with Gasteiger partial charge >= 0.3 is 0 Å². The molecule has 0 unspecified atom stereocenters. The van der Waals surface area contributed by atoms with Gasteiger partial charge in [-0.2, -0.15) is 0 Å². The van der Waals surface area contributed by atoms with E-state index in [2.05, 4.69) is 9.89 Å². The van der Waals surface area contributed by atoms with Crippen LogP contribution in [0.5, 0.6) is 0 Å². The lowest BCUT2D eigenvalue weighted by atomic mass is 10.1. The lowest BCUT2D eigenvalue weighted by Crippen LogP contribution is -2.19. The van der Waals surface area contributed by atoms with Crippen molar-refractivity contribution < 1.29 is 8.78 Å². The van der Waals surface area contributed by atoms with Crippen LogP contribution in [0.2, 0.25) is 0 Å². The standard InChI is InChI=1S/C19H20F2N2/c1-13-10-19(23-7-3-4-8-23)18(21)11-15(13)12-22-16-5-6-17(20)14(2)9-16/h5-6,9-12H,3-4,7-8H2,1-2H3. The van der Waals surface area contributed by atoms with Gasteiger partial charge in [0, 0.05) is 19.3 Å². The van der Waals surface area contributed by atoms with Gasteiger partial charge in [0.2, 0.25) is 0 Å². The molecular formula is C19H20F2N2. The SMILES string of the molecule is Cc1cc(N=Cc2cc(F)c(N3CCCC3)cc2C)ccc1F. The van der Waals surface area contributed by atoms with Crippen LogP contribution in [0.15, 0.2) is 35.3 Å². The maximum atomic E-state index is 14.4. The number of aliphatic imine (C=N–C) groups is 1. The Labute approximate surface area is 135 Å².